The maximum Gasteiger partial charge on any atom is 0.252 e. The Labute approximate surface area is 482 Å². The van der Waals surface area contributed by atoms with E-state index in [9.17, 15) is 0 Å². The van der Waals surface area contributed by atoms with Crippen LogP contribution in [-0.4, -0.2) is 15.8 Å². The topological polar surface area (TPSA) is 16.3 Å². The van der Waals surface area contributed by atoms with Gasteiger partial charge in [-0.05, 0) is 158 Å². The Bertz CT molecular complexity index is 4700. The maximum absolute atomic E-state index is 2.49. The zero-order chi connectivity index (χ0) is 54.5. The molecule has 15 aromatic rings. The molecule has 0 atom stereocenters. The second-order valence-corrected chi connectivity index (χ2v) is 22.0. The molecule has 0 saturated carbocycles. The second-order valence-electron chi connectivity index (χ2n) is 22.0. The summed E-state index contributed by atoms with van der Waals surface area (Å²) in [4.78, 5) is 4.99. The van der Waals surface area contributed by atoms with Gasteiger partial charge in [-0.2, -0.15) is 0 Å². The Balaban J connectivity index is 0.761. The third-order valence-corrected chi connectivity index (χ3v) is 17.5. The fourth-order valence-electron chi connectivity index (χ4n) is 13.7. The molecule has 386 valence electrons. The third kappa shape index (κ3) is 7.48. The maximum atomic E-state index is 2.49. The summed E-state index contributed by atoms with van der Waals surface area (Å²) in [6, 6.07) is 114. The molecule has 0 saturated heterocycles. The molecule has 83 heavy (non-hydrogen) atoms. The van der Waals surface area contributed by atoms with Crippen LogP contribution in [0.2, 0.25) is 0 Å². The lowest BCUT2D eigenvalue weighted by Gasteiger charge is -2.44. The van der Waals surface area contributed by atoms with Crippen molar-refractivity contribution in [1.29, 1.82) is 0 Å². The van der Waals surface area contributed by atoms with Gasteiger partial charge < -0.3 is 18.9 Å². The Hall–Kier alpha value is -10.9. The number of benzene rings is 13. The van der Waals surface area contributed by atoms with Gasteiger partial charge in [0.1, 0.15) is 0 Å². The lowest BCUT2D eigenvalue weighted by atomic mass is 9.33. The smallest absolute Gasteiger partial charge is 0.252 e. The van der Waals surface area contributed by atoms with Crippen molar-refractivity contribution in [2.75, 3.05) is 9.80 Å². The highest BCUT2D eigenvalue weighted by Crippen LogP contribution is 2.46. The van der Waals surface area contributed by atoms with Crippen molar-refractivity contribution in [3.05, 3.63) is 309 Å². The van der Waals surface area contributed by atoms with Gasteiger partial charge in [0.05, 0.1) is 22.1 Å². The molecule has 2 aliphatic rings. The summed E-state index contributed by atoms with van der Waals surface area (Å²) in [6.07, 6.45) is 0. The first-order valence-corrected chi connectivity index (χ1v) is 28.7. The fourth-order valence-corrected chi connectivity index (χ4v) is 13.7. The van der Waals surface area contributed by atoms with Gasteiger partial charge in [-0.25, -0.2) is 0 Å². The molecule has 0 fully saturated rings. The van der Waals surface area contributed by atoms with Crippen LogP contribution >= 0.6 is 0 Å². The predicted molar refractivity (Wildman–Crippen MR) is 351 cm³/mol. The molecular weight excluding hydrogens is 1000 g/mol. The first-order chi connectivity index (χ1) is 41.2. The van der Waals surface area contributed by atoms with Crippen LogP contribution in [0.25, 0.3) is 99.5 Å². The number of para-hydroxylation sites is 6. The van der Waals surface area contributed by atoms with Gasteiger partial charge in [0, 0.05) is 67.0 Å². The summed E-state index contributed by atoms with van der Waals surface area (Å²) in [7, 11) is 0. The van der Waals surface area contributed by atoms with Gasteiger partial charge in [-0.1, -0.05) is 212 Å². The first kappa shape index (κ1) is 47.0. The molecule has 5 heteroatoms. The number of aromatic nitrogens is 2. The van der Waals surface area contributed by atoms with Crippen molar-refractivity contribution in [2.45, 2.75) is 0 Å². The highest BCUT2D eigenvalue weighted by molar-refractivity contribution is 7.00. The van der Waals surface area contributed by atoms with Crippen LogP contribution in [-0.2, 0) is 0 Å². The monoisotopic (exact) mass is 1050 g/mol. The highest BCUT2D eigenvalue weighted by Gasteiger charge is 2.43. The average Bonchev–Trinajstić information content (AvgIpc) is 2.86. The molecule has 0 N–H and O–H groups in total. The fraction of sp³-hybridized carbons (Fsp3) is 0. The highest BCUT2D eigenvalue weighted by atomic mass is 15.2. The van der Waals surface area contributed by atoms with Crippen molar-refractivity contribution in [3.8, 4) is 55.9 Å². The summed E-state index contributed by atoms with van der Waals surface area (Å²) >= 11 is 0. The number of hydrogen-bond donors (Lipinski definition) is 0. The minimum atomic E-state index is -0.0122. The van der Waals surface area contributed by atoms with E-state index in [-0.39, 0.29) is 6.71 Å². The molecule has 0 spiro atoms. The van der Waals surface area contributed by atoms with Crippen LogP contribution in [0.5, 0.6) is 0 Å². The van der Waals surface area contributed by atoms with E-state index in [0.717, 1.165) is 22.7 Å². The molecule has 0 amide bonds. The molecule has 2 aliphatic heterocycles. The molecule has 0 unspecified atom stereocenters. The number of nitrogens with zero attached hydrogens (tertiary/aromatic N) is 4. The van der Waals surface area contributed by atoms with Crippen LogP contribution in [0.15, 0.2) is 309 Å². The molecule has 2 aromatic heterocycles. The molecule has 0 aliphatic carbocycles. The molecule has 13 aromatic carbocycles. The van der Waals surface area contributed by atoms with Crippen LogP contribution in [0.3, 0.4) is 0 Å². The minimum Gasteiger partial charge on any atom is -0.311 e. The third-order valence-electron chi connectivity index (χ3n) is 17.5. The average molecular weight is 1060 g/mol. The van der Waals surface area contributed by atoms with Gasteiger partial charge in [0.2, 0.25) is 0 Å². The van der Waals surface area contributed by atoms with Gasteiger partial charge in [-0.3, -0.25) is 0 Å². The van der Waals surface area contributed by atoms with E-state index in [1.54, 1.807) is 0 Å². The van der Waals surface area contributed by atoms with E-state index in [4.69, 9.17) is 0 Å². The molecule has 0 radical (unpaired) electrons. The molecule has 4 heterocycles. The van der Waals surface area contributed by atoms with Crippen molar-refractivity contribution in [2.24, 2.45) is 0 Å². The number of rotatable bonds is 8. The lowest BCUT2D eigenvalue weighted by molar-refractivity contribution is 1.18. The zero-order valence-corrected chi connectivity index (χ0v) is 45.3. The van der Waals surface area contributed by atoms with Gasteiger partial charge in [0.15, 0.2) is 0 Å². The molecule has 17 rings (SSSR count). The number of fused-ring (bicyclic) bond motifs is 10. The zero-order valence-electron chi connectivity index (χ0n) is 45.3. The normalized spacial score (nSPS) is 12.5. The van der Waals surface area contributed by atoms with Crippen molar-refractivity contribution < 1.29 is 0 Å². The Morgan fingerprint density at radius 2 is 0.518 bits per heavy atom. The SMILES string of the molecule is c1ccc(N2c3cc(-c4ccc(-c5ccc6c7ccccc7n(-c7ccccc7)c6c5)cc4)ccc3B3c4ccc(-c5ccc(-c6ccc7c8ccccc8n(-c8ccccc8)c7c6)cc5)cc4N(c4ccccc4)c4cccc2c43)cc1. The quantitative estimate of drug-likeness (QED) is 0.141. The molecule has 0 bridgehead atoms. The van der Waals surface area contributed by atoms with E-state index in [1.807, 2.05) is 0 Å². The minimum absolute atomic E-state index is 0.0122. The number of anilines is 6. The number of hydrogen-bond acceptors (Lipinski definition) is 2. The van der Waals surface area contributed by atoms with Gasteiger partial charge in [0.25, 0.3) is 6.71 Å². The Morgan fingerprint density at radius 1 is 0.205 bits per heavy atom. The largest absolute Gasteiger partial charge is 0.311 e. The van der Waals surface area contributed by atoms with Crippen LogP contribution in [0.4, 0.5) is 34.1 Å². The predicted octanol–water partition coefficient (Wildman–Crippen LogP) is 18.6. The molecule has 4 nitrogen and oxygen atoms in total. The summed E-state index contributed by atoms with van der Waals surface area (Å²) in [6.45, 7) is -0.0122. The summed E-state index contributed by atoms with van der Waals surface area (Å²) in [5, 5.41) is 5.03. The standard InChI is InChI=1S/C78H51BN4/c1-5-18-60(19-6-1)80-70-28-15-13-26-64(70)66-44-40-56(48-74(66)80)52-32-36-54(37-33-52)58-42-46-68-76(50-58)82(62-22-9-3-10-23-62)72-30-17-31-73-78(72)79(68)69-47-43-59(51-77(69)83(73)63-24-11-4-12-25-63)55-38-34-53(35-39-55)57-41-45-67-65-27-14-16-29-71(65)81(75(67)49-57)61-20-7-2-8-21-61/h1-51H. The second kappa shape index (κ2) is 18.9. The van der Waals surface area contributed by atoms with Crippen molar-refractivity contribution in [1.82, 2.24) is 9.13 Å². The van der Waals surface area contributed by atoms with Crippen molar-refractivity contribution in [3.63, 3.8) is 0 Å². The van der Waals surface area contributed by atoms with Gasteiger partial charge in [-0.15, -0.1) is 0 Å². The van der Waals surface area contributed by atoms with Crippen LogP contribution < -0.4 is 26.2 Å². The van der Waals surface area contributed by atoms with Gasteiger partial charge >= 0.3 is 0 Å². The summed E-state index contributed by atoms with van der Waals surface area (Å²) in [5.74, 6) is 0. The summed E-state index contributed by atoms with van der Waals surface area (Å²) in [5.41, 5.74) is 27.5. The Kier molecular flexibility index (Phi) is 10.7. The van der Waals surface area contributed by atoms with E-state index >= 15 is 0 Å². The van der Waals surface area contributed by atoms with Crippen LogP contribution in [0, 0.1) is 0 Å². The van der Waals surface area contributed by atoms with E-state index in [1.165, 1.54) is 127 Å². The lowest BCUT2D eigenvalue weighted by Crippen LogP contribution is -2.61. The van der Waals surface area contributed by atoms with Crippen molar-refractivity contribution >= 4 is 101 Å². The summed E-state index contributed by atoms with van der Waals surface area (Å²) < 4.78 is 4.79. The van der Waals surface area contributed by atoms with Crippen LogP contribution in [0.1, 0.15) is 0 Å². The van der Waals surface area contributed by atoms with E-state index in [0.29, 0.717) is 0 Å². The van der Waals surface area contributed by atoms with E-state index < -0.39 is 0 Å². The Morgan fingerprint density at radius 3 is 0.916 bits per heavy atom. The first-order valence-electron chi connectivity index (χ1n) is 28.7. The van der Waals surface area contributed by atoms with E-state index in [2.05, 4.69) is 328 Å². The molecular formula is C78H51BN4.